The highest BCUT2D eigenvalue weighted by atomic mass is 79.9. The molecule has 2 aromatic rings. The summed E-state index contributed by atoms with van der Waals surface area (Å²) in [5, 5.41) is 5.52. The molecule has 0 bridgehead atoms. The van der Waals surface area contributed by atoms with Crippen LogP contribution in [0.25, 0.3) is 0 Å². The van der Waals surface area contributed by atoms with Gasteiger partial charge < -0.3 is 9.73 Å². The first-order valence-corrected chi connectivity index (χ1v) is 7.75. The maximum atomic E-state index is 5.78. The van der Waals surface area contributed by atoms with Crippen LogP contribution in [0.3, 0.4) is 0 Å². The van der Waals surface area contributed by atoms with Gasteiger partial charge in [-0.05, 0) is 39.5 Å². The average Bonchev–Trinajstić information content (AvgIpc) is 3.04. The molecule has 0 aliphatic carbocycles. The van der Waals surface area contributed by atoms with Gasteiger partial charge in [0.05, 0.1) is 0 Å². The molecule has 20 heavy (non-hydrogen) atoms. The number of hydrogen-bond donors (Lipinski definition) is 1. The minimum atomic E-state index is 0. The third-order valence-electron chi connectivity index (χ3n) is 3.19. The molecule has 112 valence electrons. The molecule has 1 aliphatic heterocycles. The molecule has 0 saturated carbocycles. The standard InChI is InChI=1S/C13H15BrN2OS.2ClH/c14-12-4-3-10(17-12)13(11-2-1-9-18-11)16-7-5-15-6-8-16;;/h1-4,9,13,15H,5-8H2;2*1H/t13-;;/m1../s1. The maximum absolute atomic E-state index is 5.78. The normalized spacial score (nSPS) is 17.1. The van der Waals surface area contributed by atoms with Gasteiger partial charge in [0.1, 0.15) is 11.8 Å². The zero-order valence-corrected chi connectivity index (χ0v) is 14.8. The van der Waals surface area contributed by atoms with Crippen molar-refractivity contribution in [2.75, 3.05) is 26.2 Å². The molecule has 0 unspecified atom stereocenters. The van der Waals surface area contributed by atoms with E-state index in [1.54, 1.807) is 11.3 Å². The second-order valence-electron chi connectivity index (χ2n) is 4.35. The summed E-state index contributed by atoms with van der Waals surface area (Å²) in [6.45, 7) is 4.20. The van der Waals surface area contributed by atoms with Crippen LogP contribution in [0, 0.1) is 0 Å². The van der Waals surface area contributed by atoms with E-state index in [1.807, 2.05) is 6.07 Å². The molecule has 3 rings (SSSR count). The topological polar surface area (TPSA) is 28.4 Å². The highest BCUT2D eigenvalue weighted by Crippen LogP contribution is 2.33. The van der Waals surface area contributed by atoms with E-state index in [9.17, 15) is 0 Å². The number of thiophene rings is 1. The van der Waals surface area contributed by atoms with Crippen molar-refractivity contribution in [3.05, 3.63) is 45.0 Å². The molecule has 2 aromatic heterocycles. The van der Waals surface area contributed by atoms with Crippen LogP contribution in [0.5, 0.6) is 0 Å². The lowest BCUT2D eigenvalue weighted by Gasteiger charge is -2.33. The Morgan fingerprint density at radius 3 is 2.50 bits per heavy atom. The van der Waals surface area contributed by atoms with Crippen molar-refractivity contribution in [2.45, 2.75) is 6.04 Å². The first-order valence-electron chi connectivity index (χ1n) is 6.08. The highest BCUT2D eigenvalue weighted by Gasteiger charge is 2.27. The minimum absolute atomic E-state index is 0. The first-order chi connectivity index (χ1) is 8.84. The Labute approximate surface area is 143 Å². The Bertz CT molecular complexity index is 500. The Hall–Kier alpha value is -0.0400. The van der Waals surface area contributed by atoms with Crippen molar-refractivity contribution in [1.82, 2.24) is 10.2 Å². The fourth-order valence-corrected chi connectivity index (χ4v) is 3.55. The maximum Gasteiger partial charge on any atom is 0.169 e. The zero-order valence-electron chi connectivity index (χ0n) is 10.8. The predicted molar refractivity (Wildman–Crippen MR) is 91.5 cm³/mol. The van der Waals surface area contributed by atoms with Gasteiger partial charge in [-0.1, -0.05) is 6.07 Å². The van der Waals surface area contributed by atoms with Crippen LogP contribution >= 0.6 is 52.1 Å². The molecule has 1 saturated heterocycles. The molecule has 0 radical (unpaired) electrons. The third kappa shape index (κ3) is 4.00. The van der Waals surface area contributed by atoms with Crippen LogP contribution in [0.4, 0.5) is 0 Å². The van der Waals surface area contributed by atoms with Crippen LogP contribution in [0.2, 0.25) is 0 Å². The van der Waals surface area contributed by atoms with Crippen LogP contribution < -0.4 is 5.32 Å². The Morgan fingerprint density at radius 2 is 1.95 bits per heavy atom. The second-order valence-corrected chi connectivity index (χ2v) is 6.11. The third-order valence-corrected chi connectivity index (χ3v) is 4.54. The summed E-state index contributed by atoms with van der Waals surface area (Å²) in [4.78, 5) is 3.83. The van der Waals surface area contributed by atoms with Gasteiger partial charge in [-0.15, -0.1) is 36.2 Å². The summed E-state index contributed by atoms with van der Waals surface area (Å²) in [6.07, 6.45) is 0. The first kappa shape index (κ1) is 18.0. The molecule has 3 heterocycles. The fraction of sp³-hybridized carbons (Fsp3) is 0.385. The lowest BCUT2D eigenvalue weighted by molar-refractivity contribution is 0.181. The number of nitrogens with zero attached hydrogens (tertiary/aromatic N) is 1. The summed E-state index contributed by atoms with van der Waals surface area (Å²) >= 11 is 5.19. The lowest BCUT2D eigenvalue weighted by Crippen LogP contribution is -2.45. The smallest absolute Gasteiger partial charge is 0.169 e. The number of hydrogen-bond acceptors (Lipinski definition) is 4. The second kappa shape index (κ2) is 8.41. The summed E-state index contributed by atoms with van der Waals surface area (Å²) in [5.41, 5.74) is 0. The fourth-order valence-electron chi connectivity index (χ4n) is 2.36. The Morgan fingerprint density at radius 1 is 1.20 bits per heavy atom. The molecular weight excluding hydrogens is 383 g/mol. The molecule has 3 nitrogen and oxygen atoms in total. The molecule has 0 spiro atoms. The van der Waals surface area contributed by atoms with E-state index >= 15 is 0 Å². The number of halogens is 3. The zero-order chi connectivity index (χ0) is 12.4. The average molecular weight is 400 g/mol. The van der Waals surface area contributed by atoms with Gasteiger partial charge in [0.2, 0.25) is 0 Å². The van der Waals surface area contributed by atoms with Crippen molar-refractivity contribution in [3.63, 3.8) is 0 Å². The van der Waals surface area contributed by atoms with Crippen LogP contribution in [0.1, 0.15) is 16.7 Å². The molecule has 1 N–H and O–H groups in total. The molecule has 1 atom stereocenters. The van der Waals surface area contributed by atoms with Crippen LogP contribution in [-0.2, 0) is 0 Å². The highest BCUT2D eigenvalue weighted by molar-refractivity contribution is 9.10. The molecule has 1 aliphatic rings. The van der Waals surface area contributed by atoms with Gasteiger partial charge in [-0.2, -0.15) is 0 Å². The predicted octanol–water partition coefficient (Wildman–Crippen LogP) is 3.94. The molecule has 7 heteroatoms. The number of rotatable bonds is 3. The SMILES string of the molecule is Brc1ccc([C@H](c2cccs2)N2CCNCC2)o1.Cl.Cl. The Balaban J connectivity index is 0.000001000. The summed E-state index contributed by atoms with van der Waals surface area (Å²) in [6, 6.07) is 8.58. The van der Waals surface area contributed by atoms with Crippen molar-refractivity contribution in [1.29, 1.82) is 0 Å². The van der Waals surface area contributed by atoms with Gasteiger partial charge in [0, 0.05) is 31.1 Å². The van der Waals surface area contributed by atoms with Gasteiger partial charge in [0.25, 0.3) is 0 Å². The minimum Gasteiger partial charge on any atom is -0.452 e. The van der Waals surface area contributed by atoms with Crippen molar-refractivity contribution >= 4 is 52.1 Å². The van der Waals surface area contributed by atoms with Crippen LogP contribution in [-0.4, -0.2) is 31.1 Å². The summed E-state index contributed by atoms with van der Waals surface area (Å²) in [7, 11) is 0. The number of furan rings is 1. The van der Waals surface area contributed by atoms with Gasteiger partial charge in [0.15, 0.2) is 4.67 Å². The van der Waals surface area contributed by atoms with E-state index in [0.29, 0.717) is 0 Å². The van der Waals surface area contributed by atoms with Crippen molar-refractivity contribution in [3.8, 4) is 0 Å². The van der Waals surface area contributed by atoms with E-state index in [0.717, 1.165) is 36.6 Å². The largest absolute Gasteiger partial charge is 0.452 e. The van der Waals surface area contributed by atoms with Crippen molar-refractivity contribution < 1.29 is 4.42 Å². The molecule has 1 fully saturated rings. The quantitative estimate of drug-likeness (QED) is 0.847. The van der Waals surface area contributed by atoms with Gasteiger partial charge >= 0.3 is 0 Å². The Kier molecular flexibility index (Phi) is 7.58. The van der Waals surface area contributed by atoms with E-state index in [1.165, 1.54) is 4.88 Å². The van der Waals surface area contributed by atoms with Gasteiger partial charge in [-0.25, -0.2) is 0 Å². The van der Waals surface area contributed by atoms with Gasteiger partial charge in [-0.3, -0.25) is 4.90 Å². The number of piperazine rings is 1. The molecule has 0 amide bonds. The molecule has 0 aromatic carbocycles. The van der Waals surface area contributed by atoms with Crippen LogP contribution in [0.15, 0.2) is 38.7 Å². The monoisotopic (exact) mass is 398 g/mol. The lowest BCUT2D eigenvalue weighted by atomic mass is 10.1. The van der Waals surface area contributed by atoms with Crippen molar-refractivity contribution in [2.24, 2.45) is 0 Å². The van der Waals surface area contributed by atoms with E-state index < -0.39 is 0 Å². The molecular formula is C13H17BrCl2N2OS. The van der Waals surface area contributed by atoms with E-state index in [4.69, 9.17) is 4.42 Å². The summed E-state index contributed by atoms with van der Waals surface area (Å²) in [5.74, 6) is 1.02. The number of nitrogens with one attached hydrogen (secondary N) is 1. The van der Waals surface area contributed by atoms with E-state index in [2.05, 4.69) is 49.7 Å². The summed E-state index contributed by atoms with van der Waals surface area (Å²) < 4.78 is 6.58. The van der Waals surface area contributed by atoms with E-state index in [-0.39, 0.29) is 30.9 Å².